The molecular weight excluding hydrogens is 905 g/mol. The van der Waals surface area contributed by atoms with Crippen LogP contribution in [0.2, 0.25) is 0 Å². The van der Waals surface area contributed by atoms with Crippen molar-refractivity contribution < 1.29 is 19.1 Å². The second kappa shape index (κ2) is 28.7. The van der Waals surface area contributed by atoms with E-state index in [1.807, 2.05) is 50.7 Å². The predicted molar refractivity (Wildman–Crippen MR) is 290 cm³/mol. The summed E-state index contributed by atoms with van der Waals surface area (Å²) in [5, 5.41) is 0. The van der Waals surface area contributed by atoms with Gasteiger partial charge in [-0.3, -0.25) is 9.59 Å². The maximum absolute atomic E-state index is 14.5. The number of nitrogens with zero attached hydrogens (tertiary/aromatic N) is 2. The molecule has 2 aliphatic rings. The number of carbonyl (C=O) groups excluding carboxylic acids is 2. The summed E-state index contributed by atoms with van der Waals surface area (Å²) in [6.07, 6.45) is 28.3. The summed E-state index contributed by atoms with van der Waals surface area (Å²) in [4.78, 5) is 42.7. The number of hydrogen-bond donors (Lipinski definition) is 0. The summed E-state index contributed by atoms with van der Waals surface area (Å²) < 4.78 is 12.4. The van der Waals surface area contributed by atoms with Crippen molar-refractivity contribution in [1.29, 1.82) is 0 Å². The van der Waals surface area contributed by atoms with Crippen LogP contribution in [0.3, 0.4) is 0 Å². The van der Waals surface area contributed by atoms with Gasteiger partial charge in [0.1, 0.15) is 0 Å². The average molecular weight is 988 g/mol. The highest BCUT2D eigenvalue weighted by molar-refractivity contribution is 7.28. The van der Waals surface area contributed by atoms with Crippen molar-refractivity contribution in [1.82, 2.24) is 9.80 Å². The van der Waals surface area contributed by atoms with Crippen LogP contribution in [0.25, 0.3) is 35.0 Å². The van der Waals surface area contributed by atoms with E-state index in [-0.39, 0.29) is 24.0 Å². The summed E-state index contributed by atoms with van der Waals surface area (Å²) >= 11 is 7.19. The molecule has 10 heteroatoms. The number of ether oxygens (including phenoxy) is 2. The zero-order valence-corrected chi connectivity index (χ0v) is 45.3. The molecule has 2 aliphatic heterocycles. The number of hydrogen-bond acceptors (Lipinski definition) is 8. The van der Waals surface area contributed by atoms with Crippen molar-refractivity contribution in [2.24, 2.45) is 0 Å². The van der Waals surface area contributed by atoms with Gasteiger partial charge in [-0.25, -0.2) is 0 Å². The fourth-order valence-corrected chi connectivity index (χ4v) is 13.7. The first-order valence-electron chi connectivity index (χ1n) is 26.4. The Kier molecular flexibility index (Phi) is 22.9. The van der Waals surface area contributed by atoms with Gasteiger partial charge < -0.3 is 19.3 Å². The van der Waals surface area contributed by atoms with Crippen molar-refractivity contribution >= 4 is 62.9 Å². The third-order valence-corrected chi connectivity index (χ3v) is 18.3. The highest BCUT2D eigenvalue weighted by Crippen LogP contribution is 2.48. The highest BCUT2D eigenvalue weighted by Gasteiger charge is 2.47. The van der Waals surface area contributed by atoms with E-state index in [1.54, 1.807) is 11.3 Å². The van der Waals surface area contributed by atoms with Gasteiger partial charge in [0.25, 0.3) is 11.8 Å². The first-order valence-corrected chi connectivity index (χ1v) is 29.7. The van der Waals surface area contributed by atoms with Gasteiger partial charge in [-0.05, 0) is 128 Å². The Hall–Kier alpha value is -2.86. The van der Waals surface area contributed by atoms with E-state index >= 15 is 0 Å². The van der Waals surface area contributed by atoms with E-state index in [1.165, 1.54) is 126 Å². The number of carbonyl (C=O) groups is 2. The standard InChI is InChI=1S/C57H82N2O4S4/c1-7-9-11-13-15-16-17-19-21-27-41-63-43(4)29-23-25-39-59-55(52-37-36-51(67-52)50-35-34-49(66-50)48-33-32-47(65-48)46-31-30-44(5)64-46)54-53(56(59)60)45(6)58(57(54)61)38-24-22-28-42(3)62-40-26-20-18-14-12-10-8-2/h30-37,42-43H,7-29,38-41H2,1-6H3. The van der Waals surface area contributed by atoms with Gasteiger partial charge in [0.05, 0.1) is 33.9 Å². The fraction of sp³-hybridized carbons (Fsp3) is 0.614. The molecule has 368 valence electrons. The Balaban J connectivity index is 1.05. The molecule has 6 heterocycles. The molecule has 6 nitrogen and oxygen atoms in total. The second-order valence-electron chi connectivity index (χ2n) is 19.2. The third kappa shape index (κ3) is 15.8. The minimum atomic E-state index is -0.0293. The highest BCUT2D eigenvalue weighted by atomic mass is 32.1. The summed E-state index contributed by atoms with van der Waals surface area (Å²) in [6.45, 7) is 15.9. The summed E-state index contributed by atoms with van der Waals surface area (Å²) in [7, 11) is 0. The molecule has 0 aromatic carbocycles. The maximum atomic E-state index is 14.5. The molecule has 4 aromatic rings. The first-order chi connectivity index (χ1) is 32.7. The molecule has 0 spiro atoms. The van der Waals surface area contributed by atoms with Crippen LogP contribution in [-0.4, -0.2) is 60.1 Å². The van der Waals surface area contributed by atoms with E-state index in [0.717, 1.165) is 85.7 Å². The molecule has 0 bridgehead atoms. The number of unbranched alkanes of at least 4 members (excludes halogenated alkanes) is 17. The number of fused-ring (bicyclic) bond motifs is 1. The quantitative estimate of drug-likeness (QED) is 0.0431. The molecule has 2 unspecified atom stereocenters. The number of allylic oxidation sites excluding steroid dienone is 1. The number of thiophene rings is 4. The SMILES string of the molecule is CCCCCCCCCCCCOC(C)CCCCN1C(=O)C2=C(C)N(CCCCC(C)OCCCCCCCCC)C(=O)C2=C1c1ccc(-c2ccc(-c3ccc(-c4ccc(C)s4)s3)s2)s1. The van der Waals surface area contributed by atoms with Gasteiger partial charge >= 0.3 is 0 Å². The van der Waals surface area contributed by atoms with Crippen LogP contribution in [0, 0.1) is 6.92 Å². The molecule has 2 amide bonds. The minimum Gasteiger partial charge on any atom is -0.379 e. The summed E-state index contributed by atoms with van der Waals surface area (Å²) in [5.74, 6) is -0.0582. The maximum Gasteiger partial charge on any atom is 0.261 e. The van der Waals surface area contributed by atoms with Crippen molar-refractivity contribution in [3.05, 3.63) is 75.1 Å². The Bertz CT molecular complexity index is 2170. The number of aryl methyl sites for hydroxylation is 1. The van der Waals surface area contributed by atoms with Crippen molar-refractivity contribution in [2.45, 2.75) is 201 Å². The molecule has 0 saturated heterocycles. The van der Waals surface area contributed by atoms with Gasteiger partial charge in [-0.2, -0.15) is 0 Å². The Morgan fingerprint density at radius 3 is 1.25 bits per heavy atom. The van der Waals surface area contributed by atoms with Gasteiger partial charge in [0.15, 0.2) is 0 Å². The van der Waals surface area contributed by atoms with Gasteiger partial charge in [-0.15, -0.1) is 45.3 Å². The lowest BCUT2D eigenvalue weighted by Crippen LogP contribution is -2.30. The monoisotopic (exact) mass is 987 g/mol. The van der Waals surface area contributed by atoms with Crippen LogP contribution in [0.15, 0.2) is 65.4 Å². The van der Waals surface area contributed by atoms with Crippen LogP contribution in [0.5, 0.6) is 0 Å². The topological polar surface area (TPSA) is 59.1 Å². The van der Waals surface area contributed by atoms with Crippen LogP contribution in [0.4, 0.5) is 0 Å². The minimum absolute atomic E-state index is 0.0289. The molecule has 0 saturated carbocycles. The van der Waals surface area contributed by atoms with Crippen LogP contribution in [0.1, 0.15) is 192 Å². The molecule has 0 radical (unpaired) electrons. The Morgan fingerprint density at radius 1 is 0.433 bits per heavy atom. The van der Waals surface area contributed by atoms with Gasteiger partial charge in [0.2, 0.25) is 0 Å². The number of amides is 2. The first kappa shape index (κ1) is 53.5. The van der Waals surface area contributed by atoms with Crippen molar-refractivity contribution in [3.63, 3.8) is 0 Å². The van der Waals surface area contributed by atoms with Gasteiger partial charge in [0, 0.05) is 66.1 Å². The zero-order chi connectivity index (χ0) is 47.4. The fourth-order valence-electron chi connectivity index (χ4n) is 9.46. The van der Waals surface area contributed by atoms with Crippen molar-refractivity contribution in [2.75, 3.05) is 26.3 Å². The van der Waals surface area contributed by atoms with E-state index in [0.29, 0.717) is 24.2 Å². The molecule has 0 fully saturated rings. The zero-order valence-electron chi connectivity index (χ0n) is 42.0. The largest absolute Gasteiger partial charge is 0.379 e. The lowest BCUT2D eigenvalue weighted by atomic mass is 10.1. The Morgan fingerprint density at radius 2 is 0.806 bits per heavy atom. The third-order valence-electron chi connectivity index (χ3n) is 13.5. The van der Waals surface area contributed by atoms with E-state index in [4.69, 9.17) is 9.47 Å². The molecule has 0 aliphatic carbocycles. The predicted octanol–water partition coefficient (Wildman–Crippen LogP) is 17.7. The van der Waals surface area contributed by atoms with Crippen LogP contribution < -0.4 is 0 Å². The van der Waals surface area contributed by atoms with Crippen LogP contribution in [-0.2, 0) is 19.1 Å². The molecule has 2 atom stereocenters. The van der Waals surface area contributed by atoms with E-state index < -0.39 is 0 Å². The summed E-state index contributed by atoms with van der Waals surface area (Å²) in [5.41, 5.74) is 2.79. The second-order valence-corrected chi connectivity index (χ2v) is 23.7. The normalized spacial score (nSPS) is 15.0. The molecule has 0 N–H and O–H groups in total. The van der Waals surface area contributed by atoms with Crippen LogP contribution >= 0.6 is 45.3 Å². The van der Waals surface area contributed by atoms with E-state index in [9.17, 15) is 9.59 Å². The molecule has 67 heavy (non-hydrogen) atoms. The lowest BCUT2D eigenvalue weighted by Gasteiger charge is -2.24. The summed E-state index contributed by atoms with van der Waals surface area (Å²) in [6, 6.07) is 17.7. The molecular formula is C57H82N2O4S4. The lowest BCUT2D eigenvalue weighted by molar-refractivity contribution is -0.124. The van der Waals surface area contributed by atoms with Crippen molar-refractivity contribution in [3.8, 4) is 29.3 Å². The molecule has 6 rings (SSSR count). The number of rotatable bonds is 35. The van der Waals surface area contributed by atoms with E-state index in [2.05, 4.69) is 83.1 Å². The average Bonchev–Trinajstić information content (AvgIpc) is 4.19. The Labute approximate surface area is 421 Å². The smallest absolute Gasteiger partial charge is 0.261 e. The van der Waals surface area contributed by atoms with Gasteiger partial charge in [-0.1, -0.05) is 110 Å². The molecule has 4 aromatic heterocycles.